The van der Waals surface area contributed by atoms with Gasteiger partial charge < -0.3 is 9.15 Å². The van der Waals surface area contributed by atoms with Crippen LogP contribution in [0, 0.1) is 18.3 Å². The molecule has 0 aliphatic rings. The topological polar surface area (TPSA) is 75.3 Å². The molecule has 0 fully saturated rings. The number of nitriles is 1. The fraction of sp³-hybridized carbons (Fsp3) is 0.250. The first kappa shape index (κ1) is 20.2. The highest BCUT2D eigenvalue weighted by Crippen LogP contribution is 2.29. The van der Waals surface area contributed by atoms with Crippen LogP contribution in [0.25, 0.3) is 11.3 Å². The van der Waals surface area contributed by atoms with Crippen LogP contribution in [0.3, 0.4) is 0 Å². The van der Waals surface area contributed by atoms with Gasteiger partial charge in [-0.2, -0.15) is 5.26 Å². The van der Waals surface area contributed by atoms with E-state index in [1.807, 2.05) is 61.5 Å². The maximum absolute atomic E-state index is 12.3. The third-order valence-corrected chi connectivity index (χ3v) is 4.53. The molecular formula is C24H24N2O3. The Morgan fingerprint density at radius 3 is 2.34 bits per heavy atom. The fourth-order valence-electron chi connectivity index (χ4n) is 2.79. The molecule has 148 valence electrons. The summed E-state index contributed by atoms with van der Waals surface area (Å²) >= 11 is 0. The number of carbonyl (C=O) groups is 1. The summed E-state index contributed by atoms with van der Waals surface area (Å²) in [5, 5.41) is 12.0. The number of nitrogens with zero attached hydrogens (tertiary/aromatic N) is 1. The van der Waals surface area contributed by atoms with Crippen molar-refractivity contribution in [2.24, 2.45) is 0 Å². The highest BCUT2D eigenvalue weighted by atomic mass is 16.5. The lowest BCUT2D eigenvalue weighted by Gasteiger charge is -2.19. The number of nitrogens with one attached hydrogen (secondary N) is 1. The van der Waals surface area contributed by atoms with E-state index in [-0.39, 0.29) is 23.5 Å². The van der Waals surface area contributed by atoms with Gasteiger partial charge in [-0.1, -0.05) is 62.7 Å². The van der Waals surface area contributed by atoms with Gasteiger partial charge >= 0.3 is 0 Å². The zero-order valence-corrected chi connectivity index (χ0v) is 17.1. The molecular weight excluding hydrogens is 364 g/mol. The zero-order valence-electron chi connectivity index (χ0n) is 17.1. The summed E-state index contributed by atoms with van der Waals surface area (Å²) in [6.07, 6.45) is 0. The molecule has 0 unspecified atom stereocenters. The summed E-state index contributed by atoms with van der Waals surface area (Å²) in [6.45, 7) is 8.22. The Bertz CT molecular complexity index is 1030. The van der Waals surface area contributed by atoms with Crippen LogP contribution in [-0.4, -0.2) is 12.5 Å². The van der Waals surface area contributed by atoms with Gasteiger partial charge in [-0.3, -0.25) is 10.1 Å². The Hall–Kier alpha value is -3.52. The van der Waals surface area contributed by atoms with Crippen molar-refractivity contribution in [3.8, 4) is 23.1 Å². The maximum Gasteiger partial charge on any atom is 0.264 e. The molecule has 5 heteroatoms. The number of rotatable bonds is 5. The lowest BCUT2D eigenvalue weighted by Crippen LogP contribution is -2.20. The molecule has 0 aliphatic carbocycles. The van der Waals surface area contributed by atoms with Crippen molar-refractivity contribution in [1.29, 1.82) is 5.26 Å². The lowest BCUT2D eigenvalue weighted by molar-refractivity contribution is -0.118. The largest absolute Gasteiger partial charge is 0.484 e. The second-order valence-corrected chi connectivity index (χ2v) is 7.94. The molecule has 5 nitrogen and oxygen atoms in total. The molecule has 2 aromatic carbocycles. The van der Waals surface area contributed by atoms with Gasteiger partial charge in [0.15, 0.2) is 6.61 Å². The van der Waals surface area contributed by atoms with E-state index in [2.05, 4.69) is 26.1 Å². The van der Waals surface area contributed by atoms with E-state index < -0.39 is 5.91 Å². The molecule has 0 radical (unpaired) electrons. The Kier molecular flexibility index (Phi) is 5.74. The average molecular weight is 388 g/mol. The van der Waals surface area contributed by atoms with E-state index in [1.165, 1.54) is 5.56 Å². The van der Waals surface area contributed by atoms with E-state index in [0.717, 1.165) is 11.1 Å². The van der Waals surface area contributed by atoms with Crippen LogP contribution in [0.4, 0.5) is 5.88 Å². The van der Waals surface area contributed by atoms with Gasteiger partial charge in [-0.05, 0) is 30.0 Å². The fourth-order valence-corrected chi connectivity index (χ4v) is 2.79. The van der Waals surface area contributed by atoms with E-state index in [4.69, 9.17) is 9.15 Å². The number of hydrogen-bond acceptors (Lipinski definition) is 4. The first-order valence-corrected chi connectivity index (χ1v) is 9.40. The van der Waals surface area contributed by atoms with Crippen LogP contribution in [0.1, 0.15) is 37.5 Å². The second kappa shape index (κ2) is 8.24. The molecule has 1 aromatic heterocycles. The molecule has 29 heavy (non-hydrogen) atoms. The molecule has 0 spiro atoms. The standard InChI is InChI=1S/C24H24N2O3/c1-16-5-7-17(8-6-16)21-13-18(14-25)23(29-21)26-22(27)15-28-20-11-9-19(10-12-20)24(2,3)4/h5-13H,15H2,1-4H3,(H,26,27). The molecule has 1 amide bonds. The number of ether oxygens (including phenoxy) is 1. The number of furan rings is 1. The number of benzene rings is 2. The van der Waals surface area contributed by atoms with E-state index in [1.54, 1.807) is 6.07 Å². The zero-order chi connectivity index (χ0) is 21.0. The highest BCUT2D eigenvalue weighted by molar-refractivity contribution is 5.92. The van der Waals surface area contributed by atoms with Crippen molar-refractivity contribution in [2.75, 3.05) is 11.9 Å². The number of aryl methyl sites for hydroxylation is 1. The number of hydrogen-bond donors (Lipinski definition) is 1. The van der Waals surface area contributed by atoms with Crippen LogP contribution in [0.2, 0.25) is 0 Å². The minimum Gasteiger partial charge on any atom is -0.484 e. The van der Waals surface area contributed by atoms with Crippen molar-refractivity contribution in [3.05, 3.63) is 71.3 Å². The first-order chi connectivity index (χ1) is 13.8. The molecule has 1 heterocycles. The average Bonchev–Trinajstić information content (AvgIpc) is 3.09. The van der Waals surface area contributed by atoms with Gasteiger partial charge in [0.2, 0.25) is 5.88 Å². The maximum atomic E-state index is 12.3. The first-order valence-electron chi connectivity index (χ1n) is 9.40. The normalized spacial score (nSPS) is 11.0. The summed E-state index contributed by atoms with van der Waals surface area (Å²) in [7, 11) is 0. The Morgan fingerprint density at radius 2 is 1.76 bits per heavy atom. The summed E-state index contributed by atoms with van der Waals surface area (Å²) < 4.78 is 11.2. The van der Waals surface area contributed by atoms with Gasteiger partial charge in [0.05, 0.1) is 0 Å². The minimum atomic E-state index is -0.397. The van der Waals surface area contributed by atoms with Crippen LogP contribution in [0.5, 0.6) is 5.75 Å². The highest BCUT2D eigenvalue weighted by Gasteiger charge is 2.16. The van der Waals surface area contributed by atoms with Crippen molar-refractivity contribution in [3.63, 3.8) is 0 Å². The predicted octanol–water partition coefficient (Wildman–Crippen LogP) is 5.44. The summed E-state index contributed by atoms with van der Waals surface area (Å²) in [5.41, 5.74) is 3.47. The van der Waals surface area contributed by atoms with Gasteiger partial charge in [-0.25, -0.2) is 0 Å². The Balaban J connectivity index is 1.64. The van der Waals surface area contributed by atoms with Crippen molar-refractivity contribution in [2.45, 2.75) is 33.1 Å². The third-order valence-electron chi connectivity index (χ3n) is 4.53. The summed E-state index contributed by atoms with van der Waals surface area (Å²) in [6, 6.07) is 19.1. The monoisotopic (exact) mass is 388 g/mol. The molecule has 1 N–H and O–H groups in total. The van der Waals surface area contributed by atoms with Crippen LogP contribution < -0.4 is 10.1 Å². The number of amides is 1. The van der Waals surface area contributed by atoms with Gasteiger partial charge in [0.1, 0.15) is 23.1 Å². The molecule has 0 saturated carbocycles. The SMILES string of the molecule is Cc1ccc(-c2cc(C#N)c(NC(=O)COc3ccc(C(C)(C)C)cc3)o2)cc1. The summed E-state index contributed by atoms with van der Waals surface area (Å²) in [4.78, 5) is 12.3. The second-order valence-electron chi connectivity index (χ2n) is 7.94. The minimum absolute atomic E-state index is 0.0536. The third kappa shape index (κ3) is 5.05. The van der Waals surface area contributed by atoms with Gasteiger partial charge in [0.25, 0.3) is 5.91 Å². The van der Waals surface area contributed by atoms with Crippen molar-refractivity contribution < 1.29 is 13.9 Å². The van der Waals surface area contributed by atoms with Crippen LogP contribution in [-0.2, 0) is 10.2 Å². The lowest BCUT2D eigenvalue weighted by atomic mass is 9.87. The molecule has 0 aliphatic heterocycles. The number of anilines is 1. The Labute approximate surface area is 170 Å². The molecule has 0 saturated heterocycles. The van der Waals surface area contributed by atoms with E-state index in [0.29, 0.717) is 11.5 Å². The van der Waals surface area contributed by atoms with E-state index >= 15 is 0 Å². The van der Waals surface area contributed by atoms with Crippen molar-refractivity contribution in [1.82, 2.24) is 0 Å². The van der Waals surface area contributed by atoms with Gasteiger partial charge in [-0.15, -0.1) is 0 Å². The molecule has 3 rings (SSSR count). The van der Waals surface area contributed by atoms with Crippen molar-refractivity contribution >= 4 is 11.8 Å². The predicted molar refractivity (Wildman–Crippen MR) is 113 cm³/mol. The van der Waals surface area contributed by atoms with Crippen LogP contribution >= 0.6 is 0 Å². The smallest absolute Gasteiger partial charge is 0.264 e. The van der Waals surface area contributed by atoms with Gasteiger partial charge in [0, 0.05) is 11.6 Å². The Morgan fingerprint density at radius 1 is 1.10 bits per heavy atom. The molecule has 0 bridgehead atoms. The van der Waals surface area contributed by atoms with E-state index in [9.17, 15) is 10.1 Å². The quantitative estimate of drug-likeness (QED) is 0.631. The number of carbonyl (C=O) groups excluding carboxylic acids is 1. The van der Waals surface area contributed by atoms with Crippen LogP contribution in [0.15, 0.2) is 59.0 Å². The summed E-state index contributed by atoms with van der Waals surface area (Å²) in [5.74, 6) is 0.856. The molecule has 0 atom stereocenters. The molecule has 3 aromatic rings.